The molecule has 0 spiro atoms. The number of pyridine rings is 1. The largest absolute Gasteiger partial charge is 0.495 e. The number of aromatic nitrogens is 1. The predicted molar refractivity (Wildman–Crippen MR) is 109 cm³/mol. The second-order valence-electron chi connectivity index (χ2n) is 6.00. The van der Waals surface area contributed by atoms with Gasteiger partial charge in [-0.25, -0.2) is 0 Å². The maximum Gasteiger partial charge on any atom is 0.259 e. The average molecular weight is 375 g/mol. The first-order valence-electron chi connectivity index (χ1n) is 8.90. The molecule has 0 bridgehead atoms. The van der Waals surface area contributed by atoms with Crippen molar-refractivity contribution < 1.29 is 14.3 Å². The maximum atomic E-state index is 12.9. The minimum Gasteiger partial charge on any atom is -0.495 e. The molecule has 28 heavy (non-hydrogen) atoms. The molecule has 6 nitrogen and oxygen atoms in total. The monoisotopic (exact) mass is 375 g/mol. The molecule has 0 aliphatic carbocycles. The highest BCUT2D eigenvalue weighted by atomic mass is 16.5. The molecule has 0 aliphatic rings. The van der Waals surface area contributed by atoms with E-state index in [4.69, 9.17) is 4.74 Å². The predicted octanol–water partition coefficient (Wildman–Crippen LogP) is 4.01. The lowest BCUT2D eigenvalue weighted by Gasteiger charge is -2.21. The van der Waals surface area contributed by atoms with Crippen molar-refractivity contribution in [3.05, 3.63) is 84.2 Å². The molecule has 0 fully saturated rings. The summed E-state index contributed by atoms with van der Waals surface area (Å²) in [7, 11) is 1.54. The molecule has 0 atom stereocenters. The van der Waals surface area contributed by atoms with Crippen LogP contribution in [0.15, 0.2) is 73.1 Å². The number of carbonyl (C=O) groups is 2. The number of para-hydroxylation sites is 3. The summed E-state index contributed by atoms with van der Waals surface area (Å²) in [6.07, 6.45) is 2.90. The van der Waals surface area contributed by atoms with Gasteiger partial charge in [-0.3, -0.25) is 14.6 Å². The van der Waals surface area contributed by atoms with Crippen LogP contribution < -0.4 is 15.0 Å². The van der Waals surface area contributed by atoms with Crippen LogP contribution in [0.25, 0.3) is 0 Å². The van der Waals surface area contributed by atoms with Crippen molar-refractivity contribution in [1.29, 1.82) is 0 Å². The smallest absolute Gasteiger partial charge is 0.259 e. The third kappa shape index (κ3) is 4.17. The summed E-state index contributed by atoms with van der Waals surface area (Å²) < 4.78 is 5.25. The van der Waals surface area contributed by atoms with Gasteiger partial charge in [0.2, 0.25) is 0 Å². The molecule has 1 N–H and O–H groups in total. The fourth-order valence-corrected chi connectivity index (χ4v) is 2.83. The van der Waals surface area contributed by atoms with E-state index in [0.29, 0.717) is 29.1 Å². The maximum absolute atomic E-state index is 12.9. The van der Waals surface area contributed by atoms with Crippen molar-refractivity contribution in [3.8, 4) is 5.75 Å². The van der Waals surface area contributed by atoms with Gasteiger partial charge in [-0.1, -0.05) is 30.3 Å². The van der Waals surface area contributed by atoms with Crippen molar-refractivity contribution in [2.24, 2.45) is 0 Å². The van der Waals surface area contributed by atoms with Crippen LogP contribution in [0.3, 0.4) is 0 Å². The molecule has 1 aromatic heterocycles. The Morgan fingerprint density at radius 1 is 1.00 bits per heavy atom. The number of methoxy groups -OCH3 is 1. The van der Waals surface area contributed by atoms with Crippen molar-refractivity contribution in [1.82, 2.24) is 4.98 Å². The van der Waals surface area contributed by atoms with E-state index in [9.17, 15) is 9.59 Å². The number of hydrogen-bond acceptors (Lipinski definition) is 4. The Morgan fingerprint density at radius 2 is 1.68 bits per heavy atom. The van der Waals surface area contributed by atoms with Crippen molar-refractivity contribution in [2.75, 3.05) is 23.9 Å². The third-order valence-corrected chi connectivity index (χ3v) is 4.23. The zero-order chi connectivity index (χ0) is 19.9. The first kappa shape index (κ1) is 19.1. The summed E-state index contributed by atoms with van der Waals surface area (Å²) in [6, 6.07) is 18.0. The molecule has 0 unspecified atom stereocenters. The third-order valence-electron chi connectivity index (χ3n) is 4.23. The Kier molecular flexibility index (Phi) is 6.01. The number of rotatable bonds is 6. The summed E-state index contributed by atoms with van der Waals surface area (Å²) in [5.41, 5.74) is 1.98. The van der Waals surface area contributed by atoms with E-state index in [1.165, 1.54) is 19.5 Å². The quantitative estimate of drug-likeness (QED) is 0.707. The highest BCUT2D eigenvalue weighted by molar-refractivity contribution is 6.09. The minimum atomic E-state index is -0.366. The second-order valence-corrected chi connectivity index (χ2v) is 6.00. The van der Waals surface area contributed by atoms with Crippen molar-refractivity contribution in [3.63, 3.8) is 0 Å². The van der Waals surface area contributed by atoms with Gasteiger partial charge in [0.05, 0.1) is 23.9 Å². The number of amides is 2. The minimum absolute atomic E-state index is 0.215. The van der Waals surface area contributed by atoms with Gasteiger partial charge in [0, 0.05) is 24.6 Å². The van der Waals surface area contributed by atoms with Crippen LogP contribution in [0.2, 0.25) is 0 Å². The molecule has 0 saturated heterocycles. The molecule has 142 valence electrons. The van der Waals surface area contributed by atoms with E-state index in [1.54, 1.807) is 29.2 Å². The highest BCUT2D eigenvalue weighted by Crippen LogP contribution is 2.24. The van der Waals surface area contributed by atoms with Crippen LogP contribution in [0.4, 0.5) is 11.4 Å². The fraction of sp³-hybridized carbons (Fsp3) is 0.136. The summed E-state index contributed by atoms with van der Waals surface area (Å²) in [5, 5.41) is 2.79. The molecule has 2 aromatic carbocycles. The van der Waals surface area contributed by atoms with Crippen LogP contribution in [-0.2, 0) is 0 Å². The number of nitrogens with zero attached hydrogens (tertiary/aromatic N) is 2. The number of ether oxygens (including phenoxy) is 1. The highest BCUT2D eigenvalue weighted by Gasteiger charge is 2.18. The van der Waals surface area contributed by atoms with Gasteiger partial charge in [-0.2, -0.15) is 0 Å². The molecule has 0 radical (unpaired) electrons. The average Bonchev–Trinajstić information content (AvgIpc) is 2.75. The van der Waals surface area contributed by atoms with Crippen LogP contribution in [0, 0.1) is 0 Å². The van der Waals surface area contributed by atoms with Gasteiger partial charge in [0.25, 0.3) is 11.8 Å². The molecular formula is C22H21N3O3. The number of carbonyl (C=O) groups excluding carboxylic acids is 2. The Bertz CT molecular complexity index is 974. The van der Waals surface area contributed by atoms with Crippen LogP contribution >= 0.6 is 0 Å². The lowest BCUT2D eigenvalue weighted by Crippen LogP contribution is -2.31. The van der Waals surface area contributed by atoms with Gasteiger partial charge in [-0.15, -0.1) is 0 Å². The summed E-state index contributed by atoms with van der Waals surface area (Å²) >= 11 is 0. The van der Waals surface area contributed by atoms with Crippen LogP contribution in [0.5, 0.6) is 5.75 Å². The zero-order valence-corrected chi connectivity index (χ0v) is 15.8. The normalized spacial score (nSPS) is 10.2. The van der Waals surface area contributed by atoms with Gasteiger partial charge in [-0.05, 0) is 37.3 Å². The molecule has 0 saturated carbocycles. The Hall–Kier alpha value is -3.67. The number of benzene rings is 2. The Labute approximate surface area is 163 Å². The molecule has 0 aliphatic heterocycles. The molecule has 2 amide bonds. The van der Waals surface area contributed by atoms with E-state index in [-0.39, 0.29) is 11.8 Å². The number of nitrogens with one attached hydrogen (secondary N) is 1. The molecule has 3 rings (SSSR count). The summed E-state index contributed by atoms with van der Waals surface area (Å²) in [5.74, 6) is -0.0279. The molecule has 3 aromatic rings. The zero-order valence-electron chi connectivity index (χ0n) is 15.8. The van der Waals surface area contributed by atoms with Gasteiger partial charge in [0.1, 0.15) is 5.75 Å². The first-order chi connectivity index (χ1) is 13.6. The summed E-state index contributed by atoms with van der Waals surface area (Å²) in [4.78, 5) is 31.3. The van der Waals surface area contributed by atoms with Gasteiger partial charge < -0.3 is 15.0 Å². The van der Waals surface area contributed by atoms with Crippen molar-refractivity contribution >= 4 is 23.2 Å². The topological polar surface area (TPSA) is 71.5 Å². The fourth-order valence-electron chi connectivity index (χ4n) is 2.83. The van der Waals surface area contributed by atoms with Crippen LogP contribution in [0.1, 0.15) is 27.6 Å². The Morgan fingerprint density at radius 3 is 2.39 bits per heavy atom. The van der Waals surface area contributed by atoms with Gasteiger partial charge in [0.15, 0.2) is 0 Å². The summed E-state index contributed by atoms with van der Waals surface area (Å²) in [6.45, 7) is 2.40. The van der Waals surface area contributed by atoms with Crippen molar-refractivity contribution in [2.45, 2.75) is 6.92 Å². The van der Waals surface area contributed by atoms with E-state index in [0.717, 1.165) is 5.69 Å². The first-order valence-corrected chi connectivity index (χ1v) is 8.90. The standard InChI is InChI=1S/C22H21N3O3/c1-3-25(18-9-5-4-6-10-18)22(27)17-13-16(14-23-15-17)21(26)24-19-11-7-8-12-20(19)28-2/h4-15H,3H2,1-2H3,(H,24,26). The molecule has 1 heterocycles. The molecular weight excluding hydrogens is 354 g/mol. The van der Waals surface area contributed by atoms with Crippen LogP contribution in [-0.4, -0.2) is 30.5 Å². The number of anilines is 2. The van der Waals surface area contributed by atoms with E-state index in [1.807, 2.05) is 43.3 Å². The van der Waals surface area contributed by atoms with E-state index >= 15 is 0 Å². The lowest BCUT2D eigenvalue weighted by molar-refractivity contribution is 0.0988. The Balaban J connectivity index is 1.83. The number of hydrogen-bond donors (Lipinski definition) is 1. The van der Waals surface area contributed by atoms with Gasteiger partial charge >= 0.3 is 0 Å². The van der Waals surface area contributed by atoms with E-state index < -0.39 is 0 Å². The SMILES string of the molecule is CCN(C(=O)c1cncc(C(=O)Nc2ccccc2OC)c1)c1ccccc1. The second kappa shape index (κ2) is 8.81. The van der Waals surface area contributed by atoms with E-state index in [2.05, 4.69) is 10.3 Å². The molecule has 6 heteroatoms. The lowest BCUT2D eigenvalue weighted by atomic mass is 10.1.